The fourth-order valence-corrected chi connectivity index (χ4v) is 6.28. The molecule has 0 rings (SSSR count). The molecule has 0 aliphatic carbocycles. The number of hydrogen-bond acceptors (Lipinski definition) is 9. The zero-order chi connectivity index (χ0) is 39.1. The van der Waals surface area contributed by atoms with Gasteiger partial charge in [-0.2, -0.15) is 0 Å². The summed E-state index contributed by atoms with van der Waals surface area (Å²) < 4.78 is 32.6. The predicted octanol–water partition coefficient (Wildman–Crippen LogP) is 10.8. The van der Waals surface area contributed by atoms with Crippen LogP contribution in [0.1, 0.15) is 181 Å². The van der Waals surface area contributed by atoms with E-state index < -0.39 is 51.8 Å². The first-order valence-electron chi connectivity index (χ1n) is 20.9. The maximum absolute atomic E-state index is 12.6. The molecule has 3 N–H and O–H groups in total. The quantitative estimate of drug-likeness (QED) is 0.0238. The van der Waals surface area contributed by atoms with Crippen molar-refractivity contribution in [3.8, 4) is 0 Å². The van der Waals surface area contributed by atoms with E-state index in [1.807, 2.05) is 0 Å². The molecule has 0 bridgehead atoms. The molecule has 0 fully saturated rings. The van der Waals surface area contributed by atoms with Crippen LogP contribution < -0.4 is 0 Å². The van der Waals surface area contributed by atoms with Crippen molar-refractivity contribution in [2.24, 2.45) is 0 Å². The van der Waals surface area contributed by atoms with E-state index in [2.05, 4.69) is 54.8 Å². The second-order valence-electron chi connectivity index (χ2n) is 14.0. The Hall–Kier alpha value is -1.81. The van der Waals surface area contributed by atoms with Crippen molar-refractivity contribution >= 4 is 19.8 Å². The molecular weight excluding hydrogens is 695 g/mol. The van der Waals surface area contributed by atoms with Crippen LogP contribution in [0.15, 0.2) is 36.5 Å². The van der Waals surface area contributed by atoms with E-state index in [0.29, 0.717) is 12.8 Å². The summed E-state index contributed by atoms with van der Waals surface area (Å²) >= 11 is 0. The number of phosphoric ester groups is 1. The van der Waals surface area contributed by atoms with Crippen molar-refractivity contribution in [1.29, 1.82) is 0 Å². The number of rotatable bonds is 39. The van der Waals surface area contributed by atoms with Crippen LogP contribution in [-0.2, 0) is 32.7 Å². The van der Waals surface area contributed by atoms with Gasteiger partial charge in [-0.25, -0.2) is 4.57 Å². The number of phosphoric acid groups is 1. The first kappa shape index (κ1) is 51.2. The van der Waals surface area contributed by atoms with Crippen molar-refractivity contribution in [3.63, 3.8) is 0 Å². The van der Waals surface area contributed by atoms with Gasteiger partial charge in [0.25, 0.3) is 0 Å². The molecule has 3 atom stereocenters. The average Bonchev–Trinajstić information content (AvgIpc) is 3.14. The zero-order valence-corrected chi connectivity index (χ0v) is 34.4. The maximum Gasteiger partial charge on any atom is 0.472 e. The number of allylic oxidation sites excluding steroid dienone is 6. The van der Waals surface area contributed by atoms with Crippen molar-refractivity contribution in [2.45, 2.75) is 193 Å². The van der Waals surface area contributed by atoms with Crippen LogP contribution in [0, 0.1) is 0 Å². The number of aliphatic hydroxyl groups excluding tert-OH is 2. The number of unbranched alkanes of at least 4 members (excludes halogenated alkanes) is 19. The molecule has 53 heavy (non-hydrogen) atoms. The Balaban J connectivity index is 4.40. The van der Waals surface area contributed by atoms with Crippen LogP contribution in [0.3, 0.4) is 0 Å². The van der Waals surface area contributed by atoms with Crippen LogP contribution in [0.25, 0.3) is 0 Å². The highest BCUT2D eigenvalue weighted by Gasteiger charge is 2.27. The van der Waals surface area contributed by atoms with E-state index in [4.69, 9.17) is 19.1 Å². The Morgan fingerprint density at radius 3 is 1.51 bits per heavy atom. The molecule has 11 heteroatoms. The van der Waals surface area contributed by atoms with E-state index in [1.165, 1.54) is 89.9 Å². The summed E-state index contributed by atoms with van der Waals surface area (Å²) in [6.45, 7) is 2.31. The number of aliphatic hydroxyl groups is 2. The van der Waals surface area contributed by atoms with E-state index in [-0.39, 0.29) is 19.4 Å². The van der Waals surface area contributed by atoms with Gasteiger partial charge in [0.1, 0.15) is 12.7 Å². The van der Waals surface area contributed by atoms with E-state index in [9.17, 15) is 24.2 Å². The highest BCUT2D eigenvalue weighted by atomic mass is 31.2. The number of carbonyl (C=O) groups is 2. The highest BCUT2D eigenvalue weighted by molar-refractivity contribution is 7.47. The molecule has 0 saturated heterocycles. The van der Waals surface area contributed by atoms with Crippen LogP contribution in [0.4, 0.5) is 0 Å². The van der Waals surface area contributed by atoms with E-state index in [1.54, 1.807) is 0 Å². The summed E-state index contributed by atoms with van der Waals surface area (Å²) in [6.07, 6.45) is 38.3. The van der Waals surface area contributed by atoms with E-state index in [0.717, 1.165) is 51.4 Å². The molecule has 1 unspecified atom stereocenters. The van der Waals surface area contributed by atoms with Crippen LogP contribution in [0.2, 0.25) is 0 Å². The van der Waals surface area contributed by atoms with Gasteiger partial charge in [0, 0.05) is 12.8 Å². The molecule has 0 aliphatic heterocycles. The van der Waals surface area contributed by atoms with Gasteiger partial charge in [0.05, 0.1) is 19.8 Å². The summed E-state index contributed by atoms with van der Waals surface area (Å²) in [7, 11) is -4.63. The monoisotopic (exact) mass is 773 g/mol. The Morgan fingerprint density at radius 2 is 0.981 bits per heavy atom. The molecule has 10 nitrogen and oxygen atoms in total. The lowest BCUT2D eigenvalue weighted by atomic mass is 10.1. The fourth-order valence-electron chi connectivity index (χ4n) is 5.49. The van der Waals surface area contributed by atoms with Gasteiger partial charge >= 0.3 is 19.8 Å². The average molecular weight is 773 g/mol. The Labute approximate surface area is 322 Å². The summed E-state index contributed by atoms with van der Waals surface area (Å²) in [6, 6.07) is 0. The fraction of sp³-hybridized carbons (Fsp3) is 0.810. The third-order valence-electron chi connectivity index (χ3n) is 8.77. The minimum Gasteiger partial charge on any atom is -0.462 e. The minimum absolute atomic E-state index is 0.139. The molecule has 0 aromatic carbocycles. The number of ether oxygens (including phenoxy) is 2. The third kappa shape index (κ3) is 38.3. The van der Waals surface area contributed by atoms with Crippen molar-refractivity contribution in [1.82, 2.24) is 0 Å². The standard InChI is InChI=1S/C42H77O10P/c1-3-5-7-9-11-13-15-17-19-21-23-25-27-29-31-33-41(45)49-37-40(38-51-53(47,48)50-36-39(44)35-43)52-42(46)34-32-30-28-26-24-22-20-18-16-14-12-10-8-6-4-2/h18,20-21,23-24,26,39-40,43-44H,3-17,19,22,25,27-38H2,1-2H3,(H,47,48)/b20-18+,23-21+,26-24+/t39-,40+/m0/s1. The van der Waals surface area contributed by atoms with E-state index >= 15 is 0 Å². The number of esters is 2. The topological polar surface area (TPSA) is 149 Å². The van der Waals surface area contributed by atoms with Gasteiger partial charge in [-0.15, -0.1) is 0 Å². The van der Waals surface area contributed by atoms with Gasteiger partial charge in [-0.1, -0.05) is 134 Å². The normalized spacial score (nSPS) is 14.3. The number of carbonyl (C=O) groups excluding carboxylic acids is 2. The molecule has 0 spiro atoms. The molecule has 310 valence electrons. The summed E-state index contributed by atoms with van der Waals surface area (Å²) in [5.74, 6) is -0.981. The molecule has 0 aromatic rings. The summed E-state index contributed by atoms with van der Waals surface area (Å²) in [5, 5.41) is 18.3. The Bertz CT molecular complexity index is 983. The second-order valence-corrected chi connectivity index (χ2v) is 15.5. The van der Waals surface area contributed by atoms with Crippen molar-refractivity contribution in [2.75, 3.05) is 26.4 Å². The minimum atomic E-state index is -4.63. The zero-order valence-electron chi connectivity index (χ0n) is 33.5. The molecule has 0 aliphatic rings. The third-order valence-corrected chi connectivity index (χ3v) is 9.72. The lowest BCUT2D eigenvalue weighted by molar-refractivity contribution is -0.161. The maximum atomic E-state index is 12.6. The first-order valence-corrected chi connectivity index (χ1v) is 22.4. The molecule has 0 heterocycles. The van der Waals surface area contributed by atoms with Gasteiger partial charge in [-0.3, -0.25) is 18.6 Å². The largest absolute Gasteiger partial charge is 0.472 e. The predicted molar refractivity (Wildman–Crippen MR) is 214 cm³/mol. The molecule has 0 radical (unpaired) electrons. The smallest absolute Gasteiger partial charge is 0.462 e. The lowest BCUT2D eigenvalue weighted by Crippen LogP contribution is -2.29. The molecule has 0 aromatic heterocycles. The van der Waals surface area contributed by atoms with Gasteiger partial charge < -0.3 is 24.6 Å². The number of hydrogen-bond donors (Lipinski definition) is 3. The highest BCUT2D eigenvalue weighted by Crippen LogP contribution is 2.43. The second kappa shape index (κ2) is 38.5. The molecule has 0 saturated carbocycles. The Kier molecular flexibility index (Phi) is 37.2. The summed E-state index contributed by atoms with van der Waals surface area (Å²) in [4.78, 5) is 34.9. The summed E-state index contributed by atoms with van der Waals surface area (Å²) in [5.41, 5.74) is 0. The van der Waals surface area contributed by atoms with Gasteiger partial charge in [0.15, 0.2) is 6.10 Å². The van der Waals surface area contributed by atoms with Crippen LogP contribution >= 0.6 is 7.82 Å². The van der Waals surface area contributed by atoms with Crippen LogP contribution in [-0.4, -0.2) is 65.7 Å². The molecule has 0 amide bonds. The molecular formula is C42H77O10P. The van der Waals surface area contributed by atoms with Crippen molar-refractivity contribution < 1.29 is 47.8 Å². The SMILES string of the molecule is CCCCCCCC/C=C/C/C=C/CCCCC(=O)O[C@H](COC(=O)CCCCC/C=C/CCCCCCCCCC)COP(=O)(O)OC[C@@H](O)CO. The van der Waals surface area contributed by atoms with Crippen LogP contribution in [0.5, 0.6) is 0 Å². The lowest BCUT2D eigenvalue weighted by Gasteiger charge is -2.20. The van der Waals surface area contributed by atoms with Gasteiger partial charge in [-0.05, 0) is 70.6 Å². The first-order chi connectivity index (χ1) is 25.7. The van der Waals surface area contributed by atoms with Gasteiger partial charge in [0.2, 0.25) is 0 Å². The Morgan fingerprint density at radius 1 is 0.566 bits per heavy atom. The van der Waals surface area contributed by atoms with Crippen molar-refractivity contribution in [3.05, 3.63) is 36.5 Å².